The van der Waals surface area contributed by atoms with Gasteiger partial charge in [0.25, 0.3) is 0 Å². The molecule has 0 unspecified atom stereocenters. The van der Waals surface area contributed by atoms with Crippen LogP contribution in [0, 0.1) is 0 Å². The molecular weight excluding hydrogens is 508 g/mol. The molecule has 0 saturated carbocycles. The van der Waals surface area contributed by atoms with Crippen molar-refractivity contribution in [2.45, 2.75) is 0 Å². The number of aromatic nitrogens is 2. The first kappa shape index (κ1) is 15.2. The lowest BCUT2D eigenvalue weighted by Gasteiger charge is -2.10. The molecule has 2 N–H and O–H groups in total. The summed E-state index contributed by atoms with van der Waals surface area (Å²) in [5.41, 5.74) is 0. The van der Waals surface area contributed by atoms with E-state index in [1.807, 2.05) is 12.1 Å². The SMILES string of the molecule is Brc1cnc(NCNc2ncc(Br)cc2Br)c(Br)c1. The first-order chi connectivity index (χ1) is 9.06. The third kappa shape index (κ3) is 4.40. The number of nitrogens with one attached hydrogen (secondary N) is 2. The van der Waals surface area contributed by atoms with Crippen LogP contribution in [0.25, 0.3) is 0 Å². The molecule has 0 fully saturated rings. The second-order valence-electron chi connectivity index (χ2n) is 3.50. The third-order valence-corrected chi connectivity index (χ3v) is 4.20. The van der Waals surface area contributed by atoms with E-state index in [0.717, 1.165) is 29.5 Å². The molecule has 0 aromatic carbocycles. The molecular formula is C11H8Br4N4. The van der Waals surface area contributed by atoms with Crippen LogP contribution in [0.1, 0.15) is 0 Å². The fourth-order valence-corrected chi connectivity index (χ4v) is 3.56. The van der Waals surface area contributed by atoms with Crippen LogP contribution < -0.4 is 10.6 Å². The lowest BCUT2D eigenvalue weighted by atomic mass is 10.4. The highest BCUT2D eigenvalue weighted by Gasteiger charge is 2.03. The number of rotatable bonds is 4. The summed E-state index contributed by atoms with van der Waals surface area (Å²) in [7, 11) is 0. The maximum absolute atomic E-state index is 4.26. The summed E-state index contributed by atoms with van der Waals surface area (Å²) in [5, 5.41) is 6.34. The second-order valence-corrected chi connectivity index (χ2v) is 7.04. The number of hydrogen-bond donors (Lipinski definition) is 2. The fourth-order valence-electron chi connectivity index (χ4n) is 1.30. The zero-order valence-electron chi connectivity index (χ0n) is 9.42. The predicted molar refractivity (Wildman–Crippen MR) is 91.4 cm³/mol. The van der Waals surface area contributed by atoms with Crippen molar-refractivity contribution in [3.63, 3.8) is 0 Å². The van der Waals surface area contributed by atoms with Crippen molar-refractivity contribution in [2.75, 3.05) is 17.3 Å². The molecule has 19 heavy (non-hydrogen) atoms. The van der Waals surface area contributed by atoms with Crippen molar-refractivity contribution < 1.29 is 0 Å². The minimum absolute atomic E-state index is 0.514. The van der Waals surface area contributed by atoms with E-state index in [2.05, 4.69) is 84.3 Å². The van der Waals surface area contributed by atoms with E-state index in [9.17, 15) is 0 Å². The van der Waals surface area contributed by atoms with E-state index < -0.39 is 0 Å². The van der Waals surface area contributed by atoms with Crippen LogP contribution in [-0.2, 0) is 0 Å². The molecule has 100 valence electrons. The quantitative estimate of drug-likeness (QED) is 0.562. The summed E-state index contributed by atoms with van der Waals surface area (Å²) in [6, 6.07) is 3.87. The van der Waals surface area contributed by atoms with Gasteiger partial charge in [0, 0.05) is 21.3 Å². The smallest absolute Gasteiger partial charge is 0.141 e. The molecule has 0 aliphatic carbocycles. The normalized spacial score (nSPS) is 10.3. The summed E-state index contributed by atoms with van der Waals surface area (Å²) in [6.07, 6.45) is 3.47. The maximum atomic E-state index is 4.26. The van der Waals surface area contributed by atoms with E-state index in [-0.39, 0.29) is 0 Å². The highest BCUT2D eigenvalue weighted by atomic mass is 79.9. The topological polar surface area (TPSA) is 49.8 Å². The van der Waals surface area contributed by atoms with Gasteiger partial charge in [-0.1, -0.05) is 0 Å². The minimum Gasteiger partial charge on any atom is -0.352 e. The van der Waals surface area contributed by atoms with E-state index in [1.165, 1.54) is 0 Å². The predicted octanol–water partition coefficient (Wildman–Crippen LogP) is 5.01. The lowest BCUT2D eigenvalue weighted by Crippen LogP contribution is -2.14. The Kier molecular flexibility index (Phi) is 5.61. The average Bonchev–Trinajstić information content (AvgIpc) is 2.34. The number of hydrogen-bond acceptors (Lipinski definition) is 4. The van der Waals surface area contributed by atoms with Gasteiger partial charge in [0.1, 0.15) is 11.6 Å². The van der Waals surface area contributed by atoms with E-state index in [1.54, 1.807) is 12.4 Å². The molecule has 0 atom stereocenters. The van der Waals surface area contributed by atoms with Crippen LogP contribution in [0.4, 0.5) is 11.6 Å². The number of nitrogens with zero attached hydrogens (tertiary/aromatic N) is 2. The van der Waals surface area contributed by atoms with Crippen molar-refractivity contribution >= 4 is 75.4 Å². The van der Waals surface area contributed by atoms with Gasteiger partial charge >= 0.3 is 0 Å². The molecule has 0 aliphatic rings. The van der Waals surface area contributed by atoms with Crippen molar-refractivity contribution in [1.82, 2.24) is 9.97 Å². The highest BCUT2D eigenvalue weighted by molar-refractivity contribution is 9.11. The summed E-state index contributed by atoms with van der Waals surface area (Å²) < 4.78 is 3.64. The Bertz CT molecular complexity index is 539. The van der Waals surface area contributed by atoms with Gasteiger partial charge in [0.05, 0.1) is 15.6 Å². The van der Waals surface area contributed by atoms with Crippen LogP contribution in [0.3, 0.4) is 0 Å². The van der Waals surface area contributed by atoms with Gasteiger partial charge in [-0.2, -0.15) is 0 Å². The molecule has 0 bridgehead atoms. The van der Waals surface area contributed by atoms with E-state index in [4.69, 9.17) is 0 Å². The Morgan fingerprint density at radius 2 is 1.21 bits per heavy atom. The summed E-state index contributed by atoms with van der Waals surface area (Å²) in [6.45, 7) is 0.514. The molecule has 2 aromatic heterocycles. The van der Waals surface area contributed by atoms with Gasteiger partial charge in [-0.05, 0) is 75.9 Å². The molecule has 4 nitrogen and oxygen atoms in total. The van der Waals surface area contributed by atoms with E-state index >= 15 is 0 Å². The van der Waals surface area contributed by atoms with Gasteiger partial charge in [0.15, 0.2) is 0 Å². The van der Waals surface area contributed by atoms with Crippen molar-refractivity contribution in [1.29, 1.82) is 0 Å². The Labute approximate surface area is 144 Å². The fraction of sp³-hybridized carbons (Fsp3) is 0.0909. The molecule has 8 heteroatoms. The van der Waals surface area contributed by atoms with E-state index in [0.29, 0.717) is 6.67 Å². The standard InChI is InChI=1S/C11H8Br4N4/c12-6-1-8(14)10(16-3-6)18-5-19-11-9(15)2-7(13)4-17-11/h1-4H,5H2,(H,16,18)(H,17,19). The average molecular weight is 516 g/mol. The molecule has 2 rings (SSSR count). The molecule has 0 radical (unpaired) electrons. The molecule has 0 aliphatic heterocycles. The van der Waals surface area contributed by atoms with Gasteiger partial charge in [-0.25, -0.2) is 9.97 Å². The van der Waals surface area contributed by atoms with Crippen molar-refractivity contribution in [3.05, 3.63) is 42.4 Å². The highest BCUT2D eigenvalue weighted by Crippen LogP contribution is 2.25. The molecule has 0 spiro atoms. The molecule has 2 aromatic rings. The lowest BCUT2D eigenvalue weighted by molar-refractivity contribution is 1.12. The Morgan fingerprint density at radius 1 is 0.789 bits per heavy atom. The Balaban J connectivity index is 1.96. The van der Waals surface area contributed by atoms with Gasteiger partial charge in [-0.3, -0.25) is 0 Å². The van der Waals surface area contributed by atoms with Crippen LogP contribution in [0.2, 0.25) is 0 Å². The number of anilines is 2. The van der Waals surface area contributed by atoms with Crippen LogP contribution in [0.5, 0.6) is 0 Å². The first-order valence-corrected chi connectivity index (χ1v) is 8.33. The summed E-state index contributed by atoms with van der Waals surface area (Å²) >= 11 is 13.6. The number of pyridine rings is 2. The first-order valence-electron chi connectivity index (χ1n) is 5.16. The van der Waals surface area contributed by atoms with Gasteiger partial charge in [0.2, 0.25) is 0 Å². The second kappa shape index (κ2) is 7.01. The summed E-state index contributed by atoms with van der Waals surface area (Å²) in [4.78, 5) is 8.52. The zero-order valence-corrected chi connectivity index (χ0v) is 15.8. The molecule has 0 amide bonds. The summed E-state index contributed by atoms with van der Waals surface area (Å²) in [5.74, 6) is 1.54. The largest absolute Gasteiger partial charge is 0.352 e. The van der Waals surface area contributed by atoms with Crippen molar-refractivity contribution in [2.24, 2.45) is 0 Å². The van der Waals surface area contributed by atoms with Crippen LogP contribution in [-0.4, -0.2) is 16.6 Å². The molecule has 2 heterocycles. The van der Waals surface area contributed by atoms with Gasteiger partial charge in [-0.15, -0.1) is 0 Å². The van der Waals surface area contributed by atoms with Crippen LogP contribution >= 0.6 is 63.7 Å². The van der Waals surface area contributed by atoms with Crippen molar-refractivity contribution in [3.8, 4) is 0 Å². The molecule has 0 saturated heterocycles. The number of halogens is 4. The third-order valence-electron chi connectivity index (χ3n) is 2.13. The van der Waals surface area contributed by atoms with Gasteiger partial charge < -0.3 is 10.6 Å². The van der Waals surface area contributed by atoms with Crippen LogP contribution in [0.15, 0.2) is 42.4 Å². The zero-order chi connectivity index (χ0) is 13.8. The maximum Gasteiger partial charge on any atom is 0.141 e. The Hall–Kier alpha value is -0.180. The minimum atomic E-state index is 0.514. The monoisotopic (exact) mass is 512 g/mol. The Morgan fingerprint density at radius 3 is 1.58 bits per heavy atom.